The summed E-state index contributed by atoms with van der Waals surface area (Å²) in [6.45, 7) is 2.22. The Kier molecular flexibility index (Phi) is 3.03. The second-order valence-electron chi connectivity index (χ2n) is 3.20. The fourth-order valence-corrected chi connectivity index (χ4v) is 1.20. The van der Waals surface area contributed by atoms with E-state index in [2.05, 4.69) is 15.2 Å². The van der Waals surface area contributed by atoms with Crippen LogP contribution >= 0.6 is 0 Å². The van der Waals surface area contributed by atoms with Crippen LogP contribution in [0.25, 0.3) is 0 Å². The minimum absolute atomic E-state index is 0.0954. The number of aromatic nitrogens is 4. The van der Waals surface area contributed by atoms with Crippen molar-refractivity contribution in [1.29, 1.82) is 0 Å². The van der Waals surface area contributed by atoms with Crippen molar-refractivity contribution in [1.82, 2.24) is 19.9 Å². The summed E-state index contributed by atoms with van der Waals surface area (Å²) in [5.74, 6) is -0.444. The van der Waals surface area contributed by atoms with Gasteiger partial charge in [0, 0.05) is 6.20 Å². The van der Waals surface area contributed by atoms with Gasteiger partial charge in [-0.25, -0.2) is 4.79 Å². The van der Waals surface area contributed by atoms with Gasteiger partial charge in [-0.1, -0.05) is 0 Å². The second-order valence-corrected chi connectivity index (χ2v) is 3.20. The summed E-state index contributed by atoms with van der Waals surface area (Å²) in [5, 5.41) is 7.45. The third-order valence-electron chi connectivity index (χ3n) is 1.88. The lowest BCUT2D eigenvalue weighted by Crippen LogP contribution is -2.07. The van der Waals surface area contributed by atoms with E-state index in [9.17, 15) is 4.79 Å². The third-order valence-corrected chi connectivity index (χ3v) is 1.88. The summed E-state index contributed by atoms with van der Waals surface area (Å²) in [7, 11) is 0. The van der Waals surface area contributed by atoms with Gasteiger partial charge in [0.15, 0.2) is 0 Å². The summed E-state index contributed by atoms with van der Waals surface area (Å²) in [4.78, 5) is 15.1. The third kappa shape index (κ3) is 2.60. The molecule has 8 nitrogen and oxygen atoms in total. The molecule has 0 spiro atoms. The zero-order valence-electron chi connectivity index (χ0n) is 9.16. The maximum absolute atomic E-state index is 11.3. The summed E-state index contributed by atoms with van der Waals surface area (Å²) < 4.78 is 11.1. The highest BCUT2D eigenvalue weighted by molar-refractivity contribution is 5.84. The van der Waals surface area contributed by atoms with Crippen LogP contribution in [0.4, 0.5) is 5.69 Å². The first-order valence-corrected chi connectivity index (χ1v) is 4.96. The second kappa shape index (κ2) is 4.64. The molecule has 0 aliphatic rings. The largest absolute Gasteiger partial charge is 0.460 e. The first-order chi connectivity index (χ1) is 8.19. The van der Waals surface area contributed by atoms with Gasteiger partial charge in [0.2, 0.25) is 5.89 Å². The number of nitrogens with two attached hydrogens (primary N) is 1. The lowest BCUT2D eigenvalue weighted by atomic mass is 10.6. The normalized spacial score (nSPS) is 10.4. The SMILES string of the molecule is CCOC(=O)c1noc(Cn2cc(N)cn2)n1. The summed E-state index contributed by atoms with van der Waals surface area (Å²) >= 11 is 0. The number of nitrogens with zero attached hydrogens (tertiary/aromatic N) is 4. The molecule has 17 heavy (non-hydrogen) atoms. The van der Waals surface area contributed by atoms with E-state index in [1.807, 2.05) is 0 Å². The van der Waals surface area contributed by atoms with Crippen molar-refractivity contribution in [2.24, 2.45) is 0 Å². The van der Waals surface area contributed by atoms with Crippen LogP contribution in [0.5, 0.6) is 0 Å². The predicted octanol–water partition coefficient (Wildman–Crippen LogP) is 0.0733. The Bertz CT molecular complexity index is 518. The predicted molar refractivity (Wildman–Crippen MR) is 56.0 cm³/mol. The minimum Gasteiger partial charge on any atom is -0.460 e. The molecule has 0 aliphatic heterocycles. The van der Waals surface area contributed by atoms with Crippen LogP contribution in [0.15, 0.2) is 16.9 Å². The molecule has 0 bridgehead atoms. The molecule has 2 rings (SSSR count). The molecule has 90 valence electrons. The Morgan fingerprint density at radius 2 is 2.47 bits per heavy atom. The van der Waals surface area contributed by atoms with E-state index >= 15 is 0 Å². The number of carbonyl (C=O) groups is 1. The fraction of sp³-hybridized carbons (Fsp3) is 0.333. The van der Waals surface area contributed by atoms with Crippen molar-refractivity contribution < 1.29 is 14.1 Å². The molecule has 0 saturated carbocycles. The number of rotatable bonds is 4. The number of esters is 1. The Hall–Kier alpha value is -2.38. The van der Waals surface area contributed by atoms with Crippen LogP contribution in [0.2, 0.25) is 0 Å². The van der Waals surface area contributed by atoms with Gasteiger partial charge in [-0.05, 0) is 12.1 Å². The van der Waals surface area contributed by atoms with Gasteiger partial charge >= 0.3 is 5.97 Å². The van der Waals surface area contributed by atoms with Gasteiger partial charge in [-0.2, -0.15) is 10.1 Å². The van der Waals surface area contributed by atoms with E-state index < -0.39 is 5.97 Å². The van der Waals surface area contributed by atoms with Gasteiger partial charge in [-0.3, -0.25) is 4.68 Å². The highest BCUT2D eigenvalue weighted by Crippen LogP contribution is 2.04. The summed E-state index contributed by atoms with van der Waals surface area (Å²) in [5.41, 5.74) is 6.04. The average molecular weight is 237 g/mol. The summed E-state index contributed by atoms with van der Waals surface area (Å²) in [6, 6.07) is 0. The first-order valence-electron chi connectivity index (χ1n) is 4.96. The van der Waals surface area contributed by atoms with Crippen LogP contribution in [-0.4, -0.2) is 32.5 Å². The Morgan fingerprint density at radius 3 is 3.12 bits per heavy atom. The van der Waals surface area contributed by atoms with Crippen molar-refractivity contribution in [2.45, 2.75) is 13.5 Å². The van der Waals surface area contributed by atoms with Crippen LogP contribution < -0.4 is 5.73 Å². The van der Waals surface area contributed by atoms with Crippen LogP contribution in [0, 0.1) is 0 Å². The van der Waals surface area contributed by atoms with E-state index in [1.54, 1.807) is 13.1 Å². The first kappa shape index (κ1) is 11.1. The van der Waals surface area contributed by atoms with Gasteiger partial charge in [0.1, 0.15) is 6.54 Å². The Morgan fingerprint density at radius 1 is 1.65 bits per heavy atom. The standard InChI is InChI=1S/C9H11N5O3/c1-2-16-9(15)8-12-7(17-13-8)5-14-4-6(10)3-11-14/h3-4H,2,5,10H2,1H3. The molecular weight excluding hydrogens is 226 g/mol. The van der Waals surface area contributed by atoms with Crippen molar-refractivity contribution in [3.63, 3.8) is 0 Å². The van der Waals surface area contributed by atoms with Crippen LogP contribution in [-0.2, 0) is 11.3 Å². The molecular formula is C9H11N5O3. The molecule has 0 unspecified atom stereocenters. The molecule has 8 heteroatoms. The molecule has 2 aromatic rings. The molecule has 0 saturated heterocycles. The van der Waals surface area contributed by atoms with Gasteiger partial charge in [0.05, 0.1) is 18.5 Å². The smallest absolute Gasteiger partial charge is 0.379 e. The summed E-state index contributed by atoms with van der Waals surface area (Å²) in [6.07, 6.45) is 3.12. The maximum Gasteiger partial charge on any atom is 0.379 e. The molecule has 2 N–H and O–H groups in total. The number of nitrogen functional groups attached to an aromatic ring is 1. The van der Waals surface area contributed by atoms with Crippen LogP contribution in [0.1, 0.15) is 23.4 Å². The number of anilines is 1. The average Bonchev–Trinajstić information content (AvgIpc) is 2.89. The van der Waals surface area contributed by atoms with Crippen molar-refractivity contribution in [3.05, 3.63) is 24.1 Å². The highest BCUT2D eigenvalue weighted by Gasteiger charge is 2.15. The zero-order chi connectivity index (χ0) is 12.3. The molecule has 0 amide bonds. The topological polar surface area (TPSA) is 109 Å². The maximum atomic E-state index is 11.3. The molecule has 0 atom stereocenters. The monoisotopic (exact) mass is 237 g/mol. The van der Waals surface area contributed by atoms with E-state index in [-0.39, 0.29) is 24.9 Å². The molecule has 0 aromatic carbocycles. The fourth-order valence-electron chi connectivity index (χ4n) is 1.20. The van der Waals surface area contributed by atoms with E-state index in [4.69, 9.17) is 15.0 Å². The Balaban J connectivity index is 2.06. The minimum atomic E-state index is -0.609. The lowest BCUT2D eigenvalue weighted by Gasteiger charge is -1.94. The van der Waals surface area contributed by atoms with Crippen molar-refractivity contribution in [3.8, 4) is 0 Å². The van der Waals surface area contributed by atoms with Gasteiger partial charge in [-0.15, -0.1) is 0 Å². The lowest BCUT2D eigenvalue weighted by molar-refractivity contribution is 0.0508. The van der Waals surface area contributed by atoms with E-state index in [0.717, 1.165) is 0 Å². The Labute approximate surface area is 96.4 Å². The zero-order valence-corrected chi connectivity index (χ0v) is 9.16. The molecule has 2 heterocycles. The van der Waals surface area contributed by atoms with E-state index in [1.165, 1.54) is 10.9 Å². The highest BCUT2D eigenvalue weighted by atomic mass is 16.5. The van der Waals surface area contributed by atoms with Crippen molar-refractivity contribution in [2.75, 3.05) is 12.3 Å². The van der Waals surface area contributed by atoms with Crippen LogP contribution in [0.3, 0.4) is 0 Å². The molecule has 0 fully saturated rings. The van der Waals surface area contributed by atoms with Gasteiger partial charge < -0.3 is 15.0 Å². The number of carbonyl (C=O) groups excluding carboxylic acids is 1. The van der Waals surface area contributed by atoms with Gasteiger partial charge in [0.25, 0.3) is 5.82 Å². The number of hydrogen-bond donors (Lipinski definition) is 1. The molecule has 0 aliphatic carbocycles. The number of hydrogen-bond acceptors (Lipinski definition) is 7. The number of ether oxygens (including phenoxy) is 1. The molecule has 0 radical (unpaired) electrons. The quantitative estimate of drug-likeness (QED) is 0.749. The van der Waals surface area contributed by atoms with E-state index in [0.29, 0.717) is 5.69 Å². The molecule has 2 aromatic heterocycles. The van der Waals surface area contributed by atoms with Crippen molar-refractivity contribution >= 4 is 11.7 Å².